The fourth-order valence-electron chi connectivity index (χ4n) is 2.96. The number of benzene rings is 1. The summed E-state index contributed by atoms with van der Waals surface area (Å²) >= 11 is 1.70. The molecule has 2 atom stereocenters. The Labute approximate surface area is 141 Å². The summed E-state index contributed by atoms with van der Waals surface area (Å²) in [7, 11) is 1.69. The molecule has 1 aliphatic heterocycles. The van der Waals surface area contributed by atoms with E-state index in [1.165, 1.54) is 10.4 Å². The summed E-state index contributed by atoms with van der Waals surface area (Å²) in [4.78, 5) is 3.60. The Morgan fingerprint density at radius 3 is 2.78 bits per heavy atom. The average molecular weight is 332 g/mol. The molecule has 2 unspecified atom stereocenters. The van der Waals surface area contributed by atoms with Gasteiger partial charge >= 0.3 is 0 Å². The second-order valence-corrected chi connectivity index (χ2v) is 7.22. The van der Waals surface area contributed by atoms with Crippen LogP contribution in [-0.2, 0) is 13.2 Å². The maximum atomic E-state index is 6.10. The minimum Gasteiger partial charge on any atom is -0.493 e. The molecule has 1 fully saturated rings. The van der Waals surface area contributed by atoms with Crippen LogP contribution >= 0.6 is 11.3 Å². The first-order chi connectivity index (χ1) is 11.2. The van der Waals surface area contributed by atoms with Gasteiger partial charge in [0.15, 0.2) is 11.5 Å². The smallest absolute Gasteiger partial charge is 0.161 e. The number of hydrogen-bond acceptors (Lipinski definition) is 5. The number of rotatable bonds is 6. The van der Waals surface area contributed by atoms with Crippen molar-refractivity contribution < 1.29 is 9.47 Å². The zero-order valence-corrected chi connectivity index (χ0v) is 14.5. The van der Waals surface area contributed by atoms with Gasteiger partial charge in [0.05, 0.1) is 7.11 Å². The van der Waals surface area contributed by atoms with Crippen LogP contribution in [0.25, 0.3) is 0 Å². The van der Waals surface area contributed by atoms with E-state index >= 15 is 0 Å². The second kappa shape index (κ2) is 7.34. The van der Waals surface area contributed by atoms with E-state index in [-0.39, 0.29) is 6.04 Å². The molecule has 4 nitrogen and oxygen atoms in total. The number of likely N-dealkylation sites (tertiary alicyclic amines) is 1. The van der Waals surface area contributed by atoms with Gasteiger partial charge in [-0.1, -0.05) is 19.1 Å². The van der Waals surface area contributed by atoms with E-state index in [0.717, 1.165) is 31.1 Å². The number of nitrogens with two attached hydrogens (primary N) is 1. The molecule has 2 heterocycles. The van der Waals surface area contributed by atoms with Gasteiger partial charge in [-0.3, -0.25) is 4.90 Å². The van der Waals surface area contributed by atoms with E-state index in [1.54, 1.807) is 18.4 Å². The predicted octanol–water partition coefficient (Wildman–Crippen LogP) is 3.11. The molecule has 1 aliphatic rings. The van der Waals surface area contributed by atoms with Crippen LogP contribution in [0.15, 0.2) is 35.7 Å². The van der Waals surface area contributed by atoms with Crippen LogP contribution in [0.2, 0.25) is 0 Å². The van der Waals surface area contributed by atoms with Gasteiger partial charge in [-0.2, -0.15) is 0 Å². The summed E-state index contributed by atoms with van der Waals surface area (Å²) in [5, 5.41) is 2.06. The molecular formula is C18H24N2O2S. The first-order valence-corrected chi connectivity index (χ1v) is 8.83. The lowest BCUT2D eigenvalue weighted by Crippen LogP contribution is -2.28. The minimum atomic E-state index is 0.283. The quantitative estimate of drug-likeness (QED) is 0.883. The monoisotopic (exact) mass is 332 g/mol. The molecule has 0 bridgehead atoms. The van der Waals surface area contributed by atoms with Gasteiger partial charge in [-0.25, -0.2) is 0 Å². The van der Waals surface area contributed by atoms with Crippen molar-refractivity contribution in [2.24, 2.45) is 11.7 Å². The van der Waals surface area contributed by atoms with Crippen molar-refractivity contribution in [1.29, 1.82) is 0 Å². The van der Waals surface area contributed by atoms with Gasteiger partial charge in [0.2, 0.25) is 0 Å². The summed E-state index contributed by atoms with van der Waals surface area (Å²) in [5.74, 6) is 2.14. The number of nitrogens with zero attached hydrogens (tertiary/aromatic N) is 1. The molecular weight excluding hydrogens is 308 g/mol. The van der Waals surface area contributed by atoms with Crippen molar-refractivity contribution in [3.05, 3.63) is 46.2 Å². The Hall–Kier alpha value is -1.56. The molecule has 23 heavy (non-hydrogen) atoms. The van der Waals surface area contributed by atoms with Crippen molar-refractivity contribution in [3.8, 4) is 11.5 Å². The van der Waals surface area contributed by atoms with Crippen LogP contribution < -0.4 is 15.2 Å². The molecule has 0 amide bonds. The Balaban J connectivity index is 1.64. The number of methoxy groups -OCH3 is 1. The highest BCUT2D eigenvalue weighted by Gasteiger charge is 2.26. The summed E-state index contributed by atoms with van der Waals surface area (Å²) in [6.07, 6.45) is 0. The molecule has 2 aromatic rings. The number of thiophene rings is 1. The molecule has 1 aromatic heterocycles. The van der Waals surface area contributed by atoms with Gasteiger partial charge in [-0.05, 0) is 35.1 Å². The van der Waals surface area contributed by atoms with Gasteiger partial charge in [-0.15, -0.1) is 11.3 Å². The standard InChI is InChI=1S/C18H24N2O2S/c1-13-9-20(11-16(13)19)10-14-5-6-17(18(8-14)21-2)22-12-15-4-3-7-23-15/h3-8,13,16H,9-12,19H2,1-2H3. The third-order valence-electron chi connectivity index (χ3n) is 4.33. The Morgan fingerprint density at radius 1 is 1.26 bits per heavy atom. The third-order valence-corrected chi connectivity index (χ3v) is 5.18. The highest BCUT2D eigenvalue weighted by molar-refractivity contribution is 7.09. The van der Waals surface area contributed by atoms with Crippen LogP contribution in [0.3, 0.4) is 0 Å². The van der Waals surface area contributed by atoms with Crippen molar-refractivity contribution in [1.82, 2.24) is 4.90 Å². The van der Waals surface area contributed by atoms with Gasteiger partial charge in [0.25, 0.3) is 0 Å². The molecule has 2 N–H and O–H groups in total. The average Bonchev–Trinajstić information content (AvgIpc) is 3.16. The third kappa shape index (κ3) is 4.05. The van der Waals surface area contributed by atoms with Crippen molar-refractivity contribution in [2.45, 2.75) is 26.1 Å². The molecule has 1 saturated heterocycles. The lowest BCUT2D eigenvalue weighted by atomic mass is 10.1. The maximum Gasteiger partial charge on any atom is 0.161 e. The highest BCUT2D eigenvalue weighted by Crippen LogP contribution is 2.30. The van der Waals surface area contributed by atoms with E-state index in [4.69, 9.17) is 15.2 Å². The van der Waals surface area contributed by atoms with Gasteiger partial charge < -0.3 is 15.2 Å². The maximum absolute atomic E-state index is 6.10. The number of hydrogen-bond donors (Lipinski definition) is 1. The Morgan fingerprint density at radius 2 is 2.13 bits per heavy atom. The normalized spacial score (nSPS) is 21.5. The fourth-order valence-corrected chi connectivity index (χ4v) is 3.57. The van der Waals surface area contributed by atoms with Crippen LogP contribution in [0.1, 0.15) is 17.4 Å². The van der Waals surface area contributed by atoms with Crippen LogP contribution in [-0.4, -0.2) is 31.1 Å². The Bertz CT molecular complexity index is 620. The van der Waals surface area contributed by atoms with Crippen molar-refractivity contribution >= 4 is 11.3 Å². The van der Waals surface area contributed by atoms with E-state index < -0.39 is 0 Å². The fraction of sp³-hybridized carbons (Fsp3) is 0.444. The first kappa shape index (κ1) is 16.3. The lowest BCUT2D eigenvalue weighted by molar-refractivity contribution is 0.285. The lowest BCUT2D eigenvalue weighted by Gasteiger charge is -2.17. The molecule has 1 aromatic carbocycles. The van der Waals surface area contributed by atoms with Crippen LogP contribution in [0.5, 0.6) is 11.5 Å². The van der Waals surface area contributed by atoms with E-state index in [2.05, 4.69) is 35.4 Å². The van der Waals surface area contributed by atoms with E-state index in [1.807, 2.05) is 12.1 Å². The zero-order valence-electron chi connectivity index (χ0n) is 13.7. The molecule has 0 radical (unpaired) electrons. The summed E-state index contributed by atoms with van der Waals surface area (Å²) < 4.78 is 11.4. The van der Waals surface area contributed by atoms with E-state index in [9.17, 15) is 0 Å². The SMILES string of the molecule is COc1cc(CN2CC(C)C(N)C2)ccc1OCc1cccs1. The summed E-state index contributed by atoms with van der Waals surface area (Å²) in [6.45, 7) is 5.71. The molecule has 0 spiro atoms. The Kier molecular flexibility index (Phi) is 5.20. The highest BCUT2D eigenvalue weighted by atomic mass is 32.1. The van der Waals surface area contributed by atoms with Gasteiger partial charge in [0, 0.05) is 30.6 Å². The van der Waals surface area contributed by atoms with Crippen molar-refractivity contribution in [2.75, 3.05) is 20.2 Å². The van der Waals surface area contributed by atoms with Crippen LogP contribution in [0, 0.1) is 5.92 Å². The molecule has 0 aliphatic carbocycles. The second-order valence-electron chi connectivity index (χ2n) is 6.19. The molecule has 3 rings (SSSR count). The van der Waals surface area contributed by atoms with E-state index in [0.29, 0.717) is 12.5 Å². The molecule has 5 heteroatoms. The molecule has 124 valence electrons. The van der Waals surface area contributed by atoms with Gasteiger partial charge in [0.1, 0.15) is 6.61 Å². The van der Waals surface area contributed by atoms with Crippen molar-refractivity contribution in [3.63, 3.8) is 0 Å². The summed E-state index contributed by atoms with van der Waals surface area (Å²) in [5.41, 5.74) is 7.33. The first-order valence-electron chi connectivity index (χ1n) is 7.95. The number of ether oxygens (including phenoxy) is 2. The van der Waals surface area contributed by atoms with Crippen LogP contribution in [0.4, 0.5) is 0 Å². The topological polar surface area (TPSA) is 47.7 Å². The minimum absolute atomic E-state index is 0.283. The molecule has 0 saturated carbocycles. The largest absolute Gasteiger partial charge is 0.493 e. The zero-order chi connectivity index (χ0) is 16.2. The summed E-state index contributed by atoms with van der Waals surface area (Å²) in [6, 6.07) is 10.6. The predicted molar refractivity (Wildman–Crippen MR) is 94.1 cm³/mol.